The molecule has 0 saturated heterocycles. The number of fused-ring (bicyclic) bond motifs is 1. The molecule has 170 valence electrons. The summed E-state index contributed by atoms with van der Waals surface area (Å²) in [5, 5.41) is 3.19. The van der Waals surface area contributed by atoms with Gasteiger partial charge in [-0.25, -0.2) is 18.2 Å². The molecule has 0 saturated carbocycles. The molecule has 0 bridgehead atoms. The van der Waals surface area contributed by atoms with Gasteiger partial charge in [0, 0.05) is 11.4 Å². The van der Waals surface area contributed by atoms with Crippen LogP contribution in [0.25, 0.3) is 11.0 Å². The Morgan fingerprint density at radius 2 is 1.76 bits per heavy atom. The summed E-state index contributed by atoms with van der Waals surface area (Å²) in [4.78, 5) is 19.6. The van der Waals surface area contributed by atoms with Crippen molar-refractivity contribution < 1.29 is 17.9 Å². The van der Waals surface area contributed by atoms with Gasteiger partial charge < -0.3 is 15.0 Å². The second-order valence-electron chi connectivity index (χ2n) is 7.90. The molecular weight excluding hydrogens is 440 g/mol. The van der Waals surface area contributed by atoms with Gasteiger partial charge in [0.05, 0.1) is 27.6 Å². The number of nitrogens with one attached hydrogen (secondary N) is 3. The molecular formula is C24H24N4O4S. The van der Waals surface area contributed by atoms with Gasteiger partial charge in [-0.1, -0.05) is 12.1 Å². The number of ether oxygens (including phenoxy) is 1. The van der Waals surface area contributed by atoms with Crippen LogP contribution in [0.1, 0.15) is 29.8 Å². The molecule has 0 amide bonds. The predicted molar refractivity (Wildman–Crippen MR) is 128 cm³/mol. The number of anilines is 3. The molecule has 4 rings (SSSR count). The van der Waals surface area contributed by atoms with Crippen LogP contribution in [0.2, 0.25) is 0 Å². The van der Waals surface area contributed by atoms with Crippen LogP contribution in [0.3, 0.4) is 0 Å². The number of aromatic nitrogens is 2. The maximum atomic E-state index is 12.9. The number of hydrogen-bond donors (Lipinski definition) is 3. The average Bonchev–Trinajstić information content (AvgIpc) is 3.15. The van der Waals surface area contributed by atoms with E-state index in [1.54, 1.807) is 19.9 Å². The molecule has 9 heteroatoms. The average molecular weight is 465 g/mol. The summed E-state index contributed by atoms with van der Waals surface area (Å²) < 4.78 is 33.4. The van der Waals surface area contributed by atoms with Crippen LogP contribution in [0.15, 0.2) is 71.6 Å². The van der Waals surface area contributed by atoms with Crippen molar-refractivity contribution in [2.75, 3.05) is 10.0 Å². The van der Waals surface area contributed by atoms with Gasteiger partial charge >= 0.3 is 5.97 Å². The summed E-state index contributed by atoms with van der Waals surface area (Å²) in [6.07, 6.45) is -0.236. The zero-order chi connectivity index (χ0) is 23.6. The lowest BCUT2D eigenvalue weighted by atomic mass is 10.2. The predicted octanol–water partition coefficient (Wildman–Crippen LogP) is 4.98. The zero-order valence-corrected chi connectivity index (χ0v) is 19.2. The first-order valence-corrected chi connectivity index (χ1v) is 11.9. The number of carbonyl (C=O) groups excluding carboxylic acids is 1. The molecule has 0 fully saturated rings. The highest BCUT2D eigenvalue weighted by Gasteiger charge is 2.17. The molecule has 0 aliphatic heterocycles. The number of aryl methyl sites for hydroxylation is 1. The number of benzene rings is 3. The second-order valence-corrected chi connectivity index (χ2v) is 9.58. The molecule has 0 spiro atoms. The van der Waals surface area contributed by atoms with Gasteiger partial charge in [0.25, 0.3) is 10.0 Å². The van der Waals surface area contributed by atoms with Crippen LogP contribution in [-0.2, 0) is 14.8 Å². The van der Waals surface area contributed by atoms with Crippen molar-refractivity contribution in [3.8, 4) is 0 Å². The lowest BCUT2D eigenvalue weighted by Crippen LogP contribution is -2.14. The molecule has 8 nitrogen and oxygen atoms in total. The highest BCUT2D eigenvalue weighted by Crippen LogP contribution is 2.23. The highest BCUT2D eigenvalue weighted by molar-refractivity contribution is 7.92. The van der Waals surface area contributed by atoms with Gasteiger partial charge in [0.1, 0.15) is 0 Å². The molecule has 33 heavy (non-hydrogen) atoms. The standard InChI is InChI=1S/C24H24N4O4S/c1-15(2)32-23(29)17-7-9-18(10-8-17)28-33(30,31)20-11-12-21-22(14-20)27-24(26-21)25-19-6-4-5-16(3)13-19/h4-15,28H,1-3H3,(H2,25,26,27). The largest absolute Gasteiger partial charge is 0.459 e. The van der Waals surface area contributed by atoms with Gasteiger partial charge in [-0.15, -0.1) is 0 Å². The first-order chi connectivity index (χ1) is 15.7. The van der Waals surface area contributed by atoms with Gasteiger partial charge in [0.15, 0.2) is 0 Å². The Kier molecular flexibility index (Phi) is 6.06. The van der Waals surface area contributed by atoms with Gasteiger partial charge in [-0.3, -0.25) is 4.72 Å². The van der Waals surface area contributed by atoms with E-state index in [9.17, 15) is 13.2 Å². The summed E-state index contributed by atoms with van der Waals surface area (Å²) >= 11 is 0. The Morgan fingerprint density at radius 1 is 1.00 bits per heavy atom. The summed E-state index contributed by atoms with van der Waals surface area (Å²) in [6.45, 7) is 5.52. The quantitative estimate of drug-likeness (QED) is 0.333. The Hall–Kier alpha value is -3.85. The van der Waals surface area contributed by atoms with Crippen LogP contribution >= 0.6 is 0 Å². The van der Waals surface area contributed by atoms with Crippen molar-refractivity contribution in [2.24, 2.45) is 0 Å². The normalized spacial score (nSPS) is 11.5. The smallest absolute Gasteiger partial charge is 0.338 e. The van der Waals surface area contributed by atoms with Gasteiger partial charge in [0.2, 0.25) is 5.95 Å². The van der Waals surface area contributed by atoms with E-state index in [0.29, 0.717) is 28.2 Å². The van der Waals surface area contributed by atoms with Crippen molar-refractivity contribution in [1.82, 2.24) is 9.97 Å². The maximum Gasteiger partial charge on any atom is 0.338 e. The van der Waals surface area contributed by atoms with E-state index >= 15 is 0 Å². The Morgan fingerprint density at radius 3 is 2.45 bits per heavy atom. The minimum atomic E-state index is -3.85. The zero-order valence-electron chi connectivity index (χ0n) is 18.4. The van der Waals surface area contributed by atoms with Crippen LogP contribution in [0.4, 0.5) is 17.3 Å². The molecule has 0 unspecified atom stereocenters. The summed E-state index contributed by atoms with van der Waals surface area (Å²) in [7, 11) is -3.85. The fourth-order valence-corrected chi connectivity index (χ4v) is 4.32. The fraction of sp³-hybridized carbons (Fsp3) is 0.167. The molecule has 1 aromatic heterocycles. The third kappa shape index (κ3) is 5.32. The van der Waals surface area contributed by atoms with Crippen LogP contribution in [0, 0.1) is 6.92 Å². The van der Waals surface area contributed by atoms with Crippen molar-refractivity contribution >= 4 is 44.3 Å². The number of carbonyl (C=O) groups is 1. The molecule has 0 radical (unpaired) electrons. The summed E-state index contributed by atoms with van der Waals surface area (Å²) in [5.74, 6) is 0.0560. The minimum Gasteiger partial charge on any atom is -0.459 e. The first-order valence-electron chi connectivity index (χ1n) is 10.4. The van der Waals surface area contributed by atoms with E-state index in [4.69, 9.17) is 4.74 Å². The Labute approximate surface area is 192 Å². The van der Waals surface area contributed by atoms with Crippen LogP contribution in [0.5, 0.6) is 0 Å². The van der Waals surface area contributed by atoms with Crippen molar-refractivity contribution in [3.05, 3.63) is 77.9 Å². The van der Waals surface area contributed by atoms with Crippen molar-refractivity contribution in [2.45, 2.75) is 31.8 Å². The lowest BCUT2D eigenvalue weighted by Gasteiger charge is -2.10. The van der Waals surface area contributed by atoms with Crippen molar-refractivity contribution in [3.63, 3.8) is 0 Å². The lowest BCUT2D eigenvalue weighted by molar-refractivity contribution is 0.0378. The highest BCUT2D eigenvalue weighted by atomic mass is 32.2. The number of nitrogens with zero attached hydrogens (tertiary/aromatic N) is 1. The van der Waals surface area contributed by atoms with Crippen LogP contribution < -0.4 is 10.0 Å². The Bertz CT molecular complexity index is 1410. The summed E-state index contributed by atoms with van der Waals surface area (Å²) in [5.41, 5.74) is 3.89. The molecule has 0 atom stereocenters. The van der Waals surface area contributed by atoms with Crippen LogP contribution in [-0.4, -0.2) is 30.5 Å². The van der Waals surface area contributed by atoms with E-state index in [-0.39, 0.29) is 11.0 Å². The molecule has 3 N–H and O–H groups in total. The van der Waals surface area contributed by atoms with Gasteiger partial charge in [-0.2, -0.15) is 0 Å². The third-order valence-electron chi connectivity index (χ3n) is 4.76. The SMILES string of the molecule is Cc1cccc(Nc2nc3cc(S(=O)(=O)Nc4ccc(C(=O)OC(C)C)cc4)ccc3[nH]2)c1. The number of esters is 1. The number of aromatic amines is 1. The number of rotatable bonds is 7. The fourth-order valence-electron chi connectivity index (χ4n) is 3.24. The number of imidazole rings is 1. The number of hydrogen-bond acceptors (Lipinski definition) is 6. The monoisotopic (exact) mass is 464 g/mol. The minimum absolute atomic E-state index is 0.0758. The van der Waals surface area contributed by atoms with E-state index in [1.807, 2.05) is 31.2 Å². The second kappa shape index (κ2) is 8.95. The van der Waals surface area contributed by atoms with Crippen molar-refractivity contribution in [1.29, 1.82) is 0 Å². The molecule has 4 aromatic rings. The topological polar surface area (TPSA) is 113 Å². The van der Waals surface area contributed by atoms with E-state index in [2.05, 4.69) is 20.0 Å². The van der Waals surface area contributed by atoms with E-state index < -0.39 is 16.0 Å². The number of H-pyrrole nitrogens is 1. The molecule has 3 aromatic carbocycles. The summed E-state index contributed by atoms with van der Waals surface area (Å²) in [6, 6.07) is 18.6. The Balaban J connectivity index is 1.52. The molecule has 1 heterocycles. The van der Waals surface area contributed by atoms with Gasteiger partial charge in [-0.05, 0) is 80.9 Å². The number of sulfonamides is 1. The third-order valence-corrected chi connectivity index (χ3v) is 6.14. The van der Waals surface area contributed by atoms with E-state index in [1.165, 1.54) is 36.4 Å². The molecule has 0 aliphatic carbocycles. The molecule has 0 aliphatic rings. The maximum absolute atomic E-state index is 12.9. The first kappa shape index (κ1) is 22.3. The van der Waals surface area contributed by atoms with E-state index in [0.717, 1.165) is 11.3 Å².